The number of amides is 1. The summed E-state index contributed by atoms with van der Waals surface area (Å²) in [5.41, 5.74) is 2.54. The molecule has 0 bridgehead atoms. The highest BCUT2D eigenvalue weighted by Gasteiger charge is 2.12. The first kappa shape index (κ1) is 18.9. The summed E-state index contributed by atoms with van der Waals surface area (Å²) in [4.78, 5) is 20.9. The van der Waals surface area contributed by atoms with Crippen molar-refractivity contribution in [1.82, 2.24) is 15.3 Å². The molecule has 0 aliphatic heterocycles. The summed E-state index contributed by atoms with van der Waals surface area (Å²) in [7, 11) is 1.64. The molecule has 0 saturated carbocycles. The molecule has 0 unspecified atom stereocenters. The van der Waals surface area contributed by atoms with Crippen LogP contribution >= 0.6 is 0 Å². The lowest BCUT2D eigenvalue weighted by Crippen LogP contribution is -2.26. The molecule has 0 aliphatic rings. The number of methoxy groups -OCH3 is 1. The maximum atomic E-state index is 12.3. The number of carbonyl (C=O) groups excluding carboxylic acids is 1. The molecular weight excluding hydrogens is 316 g/mol. The zero-order valence-electron chi connectivity index (χ0n) is 15.3. The van der Waals surface area contributed by atoms with Gasteiger partial charge in [-0.05, 0) is 30.9 Å². The molecule has 1 heterocycles. The van der Waals surface area contributed by atoms with Crippen molar-refractivity contribution in [3.05, 3.63) is 47.4 Å². The van der Waals surface area contributed by atoms with Crippen molar-refractivity contribution < 1.29 is 9.53 Å². The van der Waals surface area contributed by atoms with E-state index >= 15 is 0 Å². The van der Waals surface area contributed by atoms with E-state index in [0.717, 1.165) is 12.1 Å². The van der Waals surface area contributed by atoms with E-state index in [2.05, 4.69) is 40.5 Å². The van der Waals surface area contributed by atoms with Crippen molar-refractivity contribution in [3.63, 3.8) is 0 Å². The number of nitrogens with zero attached hydrogens (tertiary/aromatic N) is 2. The molecule has 2 aromatic rings. The van der Waals surface area contributed by atoms with Gasteiger partial charge in [0.1, 0.15) is 17.3 Å². The van der Waals surface area contributed by atoms with Crippen LogP contribution < -0.4 is 10.6 Å². The van der Waals surface area contributed by atoms with Gasteiger partial charge in [-0.2, -0.15) is 0 Å². The quantitative estimate of drug-likeness (QED) is 0.719. The Bertz CT molecular complexity index is 716. The van der Waals surface area contributed by atoms with E-state index in [4.69, 9.17) is 4.74 Å². The van der Waals surface area contributed by atoms with E-state index in [9.17, 15) is 4.79 Å². The topological polar surface area (TPSA) is 76.1 Å². The summed E-state index contributed by atoms with van der Waals surface area (Å²) in [6.07, 6.45) is 0.763. The molecule has 1 amide bonds. The SMILES string of the molecule is COCCCNC(=O)c1cc(Nc2ccccc2C(C)C)nc(C)n1. The fourth-order valence-corrected chi connectivity index (χ4v) is 2.51. The highest BCUT2D eigenvalue weighted by molar-refractivity contribution is 5.93. The monoisotopic (exact) mass is 342 g/mol. The number of hydrogen-bond donors (Lipinski definition) is 2. The van der Waals surface area contributed by atoms with Crippen molar-refractivity contribution in [1.29, 1.82) is 0 Å². The predicted molar refractivity (Wildman–Crippen MR) is 99.4 cm³/mol. The largest absolute Gasteiger partial charge is 0.385 e. The van der Waals surface area contributed by atoms with Crippen LogP contribution in [0.2, 0.25) is 0 Å². The molecular formula is C19H26N4O2. The van der Waals surface area contributed by atoms with Crippen molar-refractivity contribution in [2.24, 2.45) is 0 Å². The second-order valence-electron chi connectivity index (χ2n) is 6.15. The van der Waals surface area contributed by atoms with E-state index in [0.29, 0.717) is 36.4 Å². The molecule has 0 fully saturated rings. The molecule has 6 nitrogen and oxygen atoms in total. The van der Waals surface area contributed by atoms with E-state index in [-0.39, 0.29) is 5.91 Å². The number of anilines is 2. The third-order valence-corrected chi connectivity index (χ3v) is 3.73. The van der Waals surface area contributed by atoms with Gasteiger partial charge >= 0.3 is 0 Å². The first-order valence-electron chi connectivity index (χ1n) is 8.50. The van der Waals surface area contributed by atoms with Crippen molar-refractivity contribution in [2.45, 2.75) is 33.1 Å². The van der Waals surface area contributed by atoms with Gasteiger partial charge in [-0.25, -0.2) is 9.97 Å². The molecule has 1 aromatic carbocycles. The molecule has 0 radical (unpaired) electrons. The molecule has 0 aliphatic carbocycles. The normalized spacial score (nSPS) is 10.8. The Kier molecular flexibility index (Phi) is 6.89. The minimum atomic E-state index is -0.207. The van der Waals surface area contributed by atoms with Crippen LogP contribution in [0.3, 0.4) is 0 Å². The van der Waals surface area contributed by atoms with Gasteiger partial charge in [0, 0.05) is 32.0 Å². The molecule has 134 valence electrons. The Morgan fingerprint density at radius 1 is 1.24 bits per heavy atom. The fraction of sp³-hybridized carbons (Fsp3) is 0.421. The maximum absolute atomic E-state index is 12.3. The van der Waals surface area contributed by atoms with Crippen LogP contribution in [0.5, 0.6) is 0 Å². The molecule has 1 aromatic heterocycles. The van der Waals surface area contributed by atoms with Crippen LogP contribution in [0.1, 0.15) is 48.1 Å². The summed E-state index contributed by atoms with van der Waals surface area (Å²) in [5, 5.41) is 6.16. The van der Waals surface area contributed by atoms with E-state index in [1.165, 1.54) is 5.56 Å². The first-order chi connectivity index (χ1) is 12.0. The van der Waals surface area contributed by atoms with E-state index in [1.54, 1.807) is 20.1 Å². The minimum Gasteiger partial charge on any atom is -0.385 e. The van der Waals surface area contributed by atoms with Gasteiger partial charge in [0.2, 0.25) is 0 Å². The Morgan fingerprint density at radius 2 is 2.00 bits per heavy atom. The number of ether oxygens (including phenoxy) is 1. The van der Waals surface area contributed by atoms with Gasteiger partial charge in [0.15, 0.2) is 0 Å². The summed E-state index contributed by atoms with van der Waals surface area (Å²) < 4.78 is 4.98. The van der Waals surface area contributed by atoms with E-state index < -0.39 is 0 Å². The standard InChI is InChI=1S/C19H26N4O2/c1-13(2)15-8-5-6-9-16(15)23-18-12-17(21-14(3)22-18)19(24)20-10-7-11-25-4/h5-6,8-9,12-13H,7,10-11H2,1-4H3,(H,20,24)(H,21,22,23). The lowest BCUT2D eigenvalue weighted by molar-refractivity contribution is 0.0943. The highest BCUT2D eigenvalue weighted by atomic mass is 16.5. The Balaban J connectivity index is 2.15. The number of carbonyl (C=O) groups is 1. The van der Waals surface area contributed by atoms with Gasteiger partial charge in [-0.1, -0.05) is 32.0 Å². The Morgan fingerprint density at radius 3 is 2.72 bits per heavy atom. The van der Waals surface area contributed by atoms with Gasteiger partial charge in [0.05, 0.1) is 0 Å². The van der Waals surface area contributed by atoms with Crippen LogP contribution in [0.4, 0.5) is 11.5 Å². The molecule has 0 atom stereocenters. The van der Waals surface area contributed by atoms with Crippen LogP contribution in [0, 0.1) is 6.92 Å². The van der Waals surface area contributed by atoms with Crippen molar-refractivity contribution in [2.75, 3.05) is 25.6 Å². The number of benzene rings is 1. The molecule has 2 N–H and O–H groups in total. The number of nitrogens with one attached hydrogen (secondary N) is 2. The van der Waals surface area contributed by atoms with Gasteiger partial charge < -0.3 is 15.4 Å². The fourth-order valence-electron chi connectivity index (χ4n) is 2.51. The second-order valence-corrected chi connectivity index (χ2v) is 6.15. The zero-order valence-corrected chi connectivity index (χ0v) is 15.3. The second kappa shape index (κ2) is 9.13. The number of rotatable bonds is 8. The summed E-state index contributed by atoms with van der Waals surface area (Å²) >= 11 is 0. The van der Waals surface area contributed by atoms with Crippen LogP contribution in [0.15, 0.2) is 30.3 Å². The smallest absolute Gasteiger partial charge is 0.270 e. The lowest BCUT2D eigenvalue weighted by Gasteiger charge is -2.14. The summed E-state index contributed by atoms with van der Waals surface area (Å²) in [6.45, 7) is 7.23. The van der Waals surface area contributed by atoms with Crippen molar-refractivity contribution >= 4 is 17.4 Å². The average molecular weight is 342 g/mol. The van der Waals surface area contributed by atoms with E-state index in [1.807, 2.05) is 18.2 Å². The summed E-state index contributed by atoms with van der Waals surface area (Å²) in [6, 6.07) is 9.77. The lowest BCUT2D eigenvalue weighted by atomic mass is 10.0. The number of aromatic nitrogens is 2. The maximum Gasteiger partial charge on any atom is 0.270 e. The molecule has 25 heavy (non-hydrogen) atoms. The van der Waals surface area contributed by atoms with Gasteiger partial charge in [0.25, 0.3) is 5.91 Å². The first-order valence-corrected chi connectivity index (χ1v) is 8.50. The molecule has 0 spiro atoms. The Labute approximate surface area is 149 Å². The summed E-state index contributed by atoms with van der Waals surface area (Å²) in [5.74, 6) is 1.34. The zero-order chi connectivity index (χ0) is 18.2. The Hall–Kier alpha value is -2.47. The van der Waals surface area contributed by atoms with Gasteiger partial charge in [-0.15, -0.1) is 0 Å². The third kappa shape index (κ3) is 5.53. The van der Waals surface area contributed by atoms with Crippen molar-refractivity contribution in [3.8, 4) is 0 Å². The van der Waals surface area contributed by atoms with Gasteiger partial charge in [-0.3, -0.25) is 4.79 Å². The predicted octanol–water partition coefficient (Wildman–Crippen LogP) is 3.42. The van der Waals surface area contributed by atoms with Crippen LogP contribution in [-0.2, 0) is 4.74 Å². The van der Waals surface area contributed by atoms with Crippen LogP contribution in [-0.4, -0.2) is 36.1 Å². The minimum absolute atomic E-state index is 0.207. The van der Waals surface area contributed by atoms with Crippen LogP contribution in [0.25, 0.3) is 0 Å². The third-order valence-electron chi connectivity index (χ3n) is 3.73. The number of para-hydroxylation sites is 1. The number of hydrogen-bond acceptors (Lipinski definition) is 5. The number of aryl methyl sites for hydroxylation is 1. The highest BCUT2D eigenvalue weighted by Crippen LogP contribution is 2.26. The molecule has 0 saturated heterocycles. The molecule has 6 heteroatoms. The molecule has 2 rings (SSSR count). The average Bonchev–Trinajstić information content (AvgIpc) is 2.58.